The van der Waals surface area contributed by atoms with E-state index < -0.39 is 5.91 Å². The molecule has 0 saturated heterocycles. The average Bonchev–Trinajstić information content (AvgIpc) is 2.89. The molecule has 2 aromatic heterocycles. The van der Waals surface area contributed by atoms with E-state index in [1.807, 2.05) is 17.5 Å². The van der Waals surface area contributed by atoms with Gasteiger partial charge < -0.3 is 4.52 Å². The van der Waals surface area contributed by atoms with Crippen LogP contribution in [0.1, 0.15) is 10.5 Å². The molecule has 0 aliphatic carbocycles. The van der Waals surface area contributed by atoms with Crippen molar-refractivity contribution >= 4 is 17.2 Å². The van der Waals surface area contributed by atoms with Crippen molar-refractivity contribution in [1.82, 2.24) is 10.6 Å². The van der Waals surface area contributed by atoms with Crippen molar-refractivity contribution in [3.8, 4) is 10.6 Å². The molecule has 0 saturated carbocycles. The normalized spacial score (nSPS) is 10.2. The summed E-state index contributed by atoms with van der Waals surface area (Å²) in [7, 11) is 1.36. The summed E-state index contributed by atoms with van der Waals surface area (Å²) in [5, 5.41) is 5.55. The van der Waals surface area contributed by atoms with Crippen molar-refractivity contribution in [3.05, 3.63) is 29.3 Å². The summed E-state index contributed by atoms with van der Waals surface area (Å²) >= 11 is 1.52. The molecule has 2 aromatic rings. The Labute approximate surface area is 89.6 Å². The lowest BCUT2D eigenvalue weighted by Crippen LogP contribution is -2.21. The Morgan fingerprint density at radius 3 is 3.20 bits per heavy atom. The highest BCUT2D eigenvalue weighted by Crippen LogP contribution is 2.24. The number of thiophene rings is 1. The predicted molar refractivity (Wildman–Crippen MR) is 54.3 cm³/mol. The first-order valence-electron chi connectivity index (χ1n) is 4.15. The van der Waals surface area contributed by atoms with Gasteiger partial charge in [0.1, 0.15) is 0 Å². The summed E-state index contributed by atoms with van der Waals surface area (Å²) in [6.45, 7) is 0. The molecule has 0 aliphatic rings. The average molecular weight is 224 g/mol. The van der Waals surface area contributed by atoms with Gasteiger partial charge in [-0.05, 0) is 11.4 Å². The van der Waals surface area contributed by atoms with Crippen LogP contribution in [-0.4, -0.2) is 18.2 Å². The number of hydroxylamine groups is 1. The summed E-state index contributed by atoms with van der Waals surface area (Å²) in [6, 6.07) is 5.36. The van der Waals surface area contributed by atoms with E-state index in [-0.39, 0.29) is 5.69 Å². The van der Waals surface area contributed by atoms with Gasteiger partial charge in [0.15, 0.2) is 11.5 Å². The lowest BCUT2D eigenvalue weighted by Gasteiger charge is -1.94. The Balaban J connectivity index is 2.21. The zero-order valence-electron chi connectivity index (χ0n) is 7.89. The van der Waals surface area contributed by atoms with Gasteiger partial charge in [0.25, 0.3) is 5.91 Å². The molecule has 0 radical (unpaired) electrons. The first-order valence-corrected chi connectivity index (χ1v) is 5.03. The zero-order chi connectivity index (χ0) is 10.7. The van der Waals surface area contributed by atoms with Gasteiger partial charge in [-0.25, -0.2) is 5.48 Å². The first-order chi connectivity index (χ1) is 7.31. The molecule has 2 heterocycles. The quantitative estimate of drug-likeness (QED) is 0.806. The second-order valence-corrected chi connectivity index (χ2v) is 3.64. The maximum Gasteiger partial charge on any atom is 0.297 e. The maximum atomic E-state index is 11.3. The number of amides is 1. The molecular weight excluding hydrogens is 216 g/mol. The number of carbonyl (C=O) groups is 1. The molecule has 0 bridgehead atoms. The predicted octanol–water partition coefficient (Wildman–Crippen LogP) is 1.69. The maximum absolute atomic E-state index is 11.3. The molecular formula is C9H8N2O3S. The lowest BCUT2D eigenvalue weighted by atomic mass is 10.3. The van der Waals surface area contributed by atoms with Crippen molar-refractivity contribution in [3.63, 3.8) is 0 Å². The van der Waals surface area contributed by atoms with Gasteiger partial charge >= 0.3 is 0 Å². The second-order valence-electron chi connectivity index (χ2n) is 2.69. The van der Waals surface area contributed by atoms with Crippen molar-refractivity contribution < 1.29 is 14.2 Å². The second kappa shape index (κ2) is 4.24. The van der Waals surface area contributed by atoms with Crippen LogP contribution < -0.4 is 5.48 Å². The summed E-state index contributed by atoms with van der Waals surface area (Å²) in [5.41, 5.74) is 2.36. The Morgan fingerprint density at radius 1 is 1.67 bits per heavy atom. The van der Waals surface area contributed by atoms with Crippen molar-refractivity contribution in [2.24, 2.45) is 0 Å². The third-order valence-corrected chi connectivity index (χ3v) is 2.59. The Hall–Kier alpha value is -1.66. The minimum absolute atomic E-state index is 0.195. The molecule has 0 aromatic carbocycles. The summed E-state index contributed by atoms with van der Waals surface area (Å²) < 4.78 is 5.02. The molecule has 0 aliphatic heterocycles. The summed E-state index contributed by atoms with van der Waals surface area (Å²) in [4.78, 5) is 16.7. The third kappa shape index (κ3) is 2.05. The highest BCUT2D eigenvalue weighted by atomic mass is 32.1. The van der Waals surface area contributed by atoms with Crippen LogP contribution in [0.5, 0.6) is 0 Å². The minimum Gasteiger partial charge on any atom is -0.355 e. The van der Waals surface area contributed by atoms with Gasteiger partial charge in [-0.3, -0.25) is 9.63 Å². The van der Waals surface area contributed by atoms with Crippen LogP contribution in [0.3, 0.4) is 0 Å². The van der Waals surface area contributed by atoms with Crippen molar-refractivity contribution in [2.45, 2.75) is 0 Å². The van der Waals surface area contributed by atoms with Gasteiger partial charge in [-0.15, -0.1) is 11.3 Å². The first kappa shape index (κ1) is 9.88. The number of carbonyl (C=O) groups excluding carboxylic acids is 1. The van der Waals surface area contributed by atoms with Crippen molar-refractivity contribution in [1.29, 1.82) is 0 Å². The number of nitrogens with one attached hydrogen (secondary N) is 1. The fourth-order valence-electron chi connectivity index (χ4n) is 1.06. The van der Waals surface area contributed by atoms with E-state index in [1.165, 1.54) is 18.4 Å². The van der Waals surface area contributed by atoms with E-state index in [4.69, 9.17) is 4.52 Å². The van der Waals surface area contributed by atoms with Gasteiger partial charge in [0.05, 0.1) is 12.0 Å². The van der Waals surface area contributed by atoms with E-state index in [1.54, 1.807) is 6.07 Å². The van der Waals surface area contributed by atoms with Crippen LogP contribution in [-0.2, 0) is 4.84 Å². The number of rotatable bonds is 3. The standard InChI is InChI=1S/C9H8N2O3S/c1-13-11-9(12)6-5-7(14-10-6)8-3-2-4-15-8/h2-5H,1H3,(H,11,12). The molecule has 0 unspecified atom stereocenters. The van der Waals surface area contributed by atoms with Gasteiger partial charge in [-0.2, -0.15) is 0 Å². The summed E-state index contributed by atoms with van der Waals surface area (Å²) in [6.07, 6.45) is 0. The van der Waals surface area contributed by atoms with Gasteiger partial charge in [-0.1, -0.05) is 11.2 Å². The molecule has 0 atom stereocenters. The van der Waals surface area contributed by atoms with Gasteiger partial charge in [0.2, 0.25) is 0 Å². The molecule has 1 amide bonds. The number of nitrogens with zero attached hydrogens (tertiary/aromatic N) is 1. The van der Waals surface area contributed by atoms with Crippen LogP contribution in [0.2, 0.25) is 0 Å². The molecule has 2 rings (SSSR count). The topological polar surface area (TPSA) is 64.4 Å². The smallest absolute Gasteiger partial charge is 0.297 e. The van der Waals surface area contributed by atoms with E-state index in [0.717, 1.165) is 4.88 Å². The number of hydrogen-bond donors (Lipinski definition) is 1. The highest BCUT2D eigenvalue weighted by Gasteiger charge is 2.13. The Morgan fingerprint density at radius 2 is 2.53 bits per heavy atom. The van der Waals surface area contributed by atoms with Gasteiger partial charge in [0, 0.05) is 6.07 Å². The van der Waals surface area contributed by atoms with Crippen LogP contribution in [0, 0.1) is 0 Å². The molecule has 0 spiro atoms. The van der Waals surface area contributed by atoms with Crippen LogP contribution >= 0.6 is 11.3 Å². The fraction of sp³-hybridized carbons (Fsp3) is 0.111. The molecule has 15 heavy (non-hydrogen) atoms. The van der Waals surface area contributed by atoms with Crippen LogP contribution in [0.25, 0.3) is 10.6 Å². The third-order valence-electron chi connectivity index (χ3n) is 1.70. The molecule has 6 heteroatoms. The van der Waals surface area contributed by atoms with E-state index >= 15 is 0 Å². The molecule has 1 N–H and O–H groups in total. The van der Waals surface area contributed by atoms with E-state index in [9.17, 15) is 4.79 Å². The van der Waals surface area contributed by atoms with Crippen LogP contribution in [0.15, 0.2) is 28.1 Å². The van der Waals surface area contributed by atoms with E-state index in [0.29, 0.717) is 5.76 Å². The molecule has 78 valence electrons. The fourth-order valence-corrected chi connectivity index (χ4v) is 1.74. The SMILES string of the molecule is CONC(=O)c1cc(-c2cccs2)on1. The van der Waals surface area contributed by atoms with E-state index in [2.05, 4.69) is 15.5 Å². The molecule has 5 nitrogen and oxygen atoms in total. The zero-order valence-corrected chi connectivity index (χ0v) is 8.71. The largest absolute Gasteiger partial charge is 0.355 e. The number of hydrogen-bond acceptors (Lipinski definition) is 5. The van der Waals surface area contributed by atoms with Crippen LogP contribution in [0.4, 0.5) is 0 Å². The summed E-state index contributed by atoms with van der Waals surface area (Å²) in [5.74, 6) is 0.148. The molecule has 0 fully saturated rings. The number of aromatic nitrogens is 1. The monoisotopic (exact) mass is 224 g/mol. The lowest BCUT2D eigenvalue weighted by molar-refractivity contribution is 0.0528. The Bertz CT molecular complexity index is 450. The Kier molecular flexibility index (Phi) is 2.79. The highest BCUT2D eigenvalue weighted by molar-refractivity contribution is 7.13. The van der Waals surface area contributed by atoms with Crippen molar-refractivity contribution in [2.75, 3.05) is 7.11 Å². The minimum atomic E-state index is -0.427.